The summed E-state index contributed by atoms with van der Waals surface area (Å²) >= 11 is 0. The molecule has 0 spiro atoms. The van der Waals surface area contributed by atoms with Crippen LogP contribution in [-0.4, -0.2) is 27.5 Å². The maximum absolute atomic E-state index is 12.1. The van der Waals surface area contributed by atoms with Crippen LogP contribution in [0, 0.1) is 0 Å². The Bertz CT molecular complexity index is 658. The van der Waals surface area contributed by atoms with Crippen LogP contribution < -0.4 is 5.32 Å². The van der Waals surface area contributed by atoms with Crippen LogP contribution in [0.4, 0.5) is 0 Å². The van der Waals surface area contributed by atoms with E-state index >= 15 is 0 Å². The van der Waals surface area contributed by atoms with Gasteiger partial charge in [-0.15, -0.1) is 0 Å². The lowest BCUT2D eigenvalue weighted by Crippen LogP contribution is -2.44. The SMILES string of the molecule is CC(C)(CCC(=O)O)NC(=O)Cc1c[nH]c2ccccc12. The van der Waals surface area contributed by atoms with E-state index in [9.17, 15) is 9.59 Å². The molecule has 0 saturated carbocycles. The predicted molar refractivity (Wildman–Crippen MR) is 81.1 cm³/mol. The number of aromatic nitrogens is 1. The van der Waals surface area contributed by atoms with E-state index in [4.69, 9.17) is 5.11 Å². The summed E-state index contributed by atoms with van der Waals surface area (Å²) in [5, 5.41) is 12.7. The molecule has 0 unspecified atom stereocenters. The molecule has 0 aliphatic rings. The molecule has 112 valence electrons. The van der Waals surface area contributed by atoms with Crippen LogP contribution in [0.5, 0.6) is 0 Å². The number of hydrogen-bond donors (Lipinski definition) is 3. The Morgan fingerprint density at radius 1 is 1.29 bits per heavy atom. The van der Waals surface area contributed by atoms with Crippen LogP contribution >= 0.6 is 0 Å². The zero-order valence-corrected chi connectivity index (χ0v) is 12.3. The number of fused-ring (bicyclic) bond motifs is 1. The van der Waals surface area contributed by atoms with E-state index < -0.39 is 11.5 Å². The van der Waals surface area contributed by atoms with Crippen molar-refractivity contribution in [1.82, 2.24) is 10.3 Å². The van der Waals surface area contributed by atoms with E-state index in [-0.39, 0.29) is 18.7 Å². The third-order valence-corrected chi connectivity index (χ3v) is 3.47. The molecule has 5 heteroatoms. The molecule has 5 nitrogen and oxygen atoms in total. The van der Waals surface area contributed by atoms with E-state index in [2.05, 4.69) is 10.3 Å². The van der Waals surface area contributed by atoms with Crippen molar-refractivity contribution in [2.24, 2.45) is 0 Å². The summed E-state index contributed by atoms with van der Waals surface area (Å²) in [5.41, 5.74) is 1.42. The van der Waals surface area contributed by atoms with E-state index in [1.54, 1.807) is 0 Å². The molecule has 0 radical (unpaired) electrons. The van der Waals surface area contributed by atoms with Crippen LogP contribution in [0.2, 0.25) is 0 Å². The first-order valence-electron chi connectivity index (χ1n) is 6.95. The summed E-state index contributed by atoms with van der Waals surface area (Å²) in [5.74, 6) is -0.955. The second-order valence-electron chi connectivity index (χ2n) is 5.86. The number of benzene rings is 1. The van der Waals surface area contributed by atoms with Gasteiger partial charge in [-0.25, -0.2) is 0 Å². The number of nitrogens with one attached hydrogen (secondary N) is 2. The van der Waals surface area contributed by atoms with E-state index in [1.165, 1.54) is 0 Å². The molecule has 0 aliphatic carbocycles. The van der Waals surface area contributed by atoms with Crippen LogP contribution in [-0.2, 0) is 16.0 Å². The number of carbonyl (C=O) groups is 2. The molecule has 1 amide bonds. The molecule has 0 atom stereocenters. The van der Waals surface area contributed by atoms with Crippen molar-refractivity contribution in [1.29, 1.82) is 0 Å². The van der Waals surface area contributed by atoms with Gasteiger partial charge in [-0.05, 0) is 31.9 Å². The molecule has 0 bridgehead atoms. The highest BCUT2D eigenvalue weighted by Gasteiger charge is 2.22. The van der Waals surface area contributed by atoms with Crippen LogP contribution in [0.25, 0.3) is 10.9 Å². The van der Waals surface area contributed by atoms with Gasteiger partial charge in [-0.2, -0.15) is 0 Å². The highest BCUT2D eigenvalue weighted by atomic mass is 16.4. The molecule has 2 aromatic rings. The summed E-state index contributed by atoms with van der Waals surface area (Å²) in [6.45, 7) is 3.67. The molecule has 1 aromatic carbocycles. The fraction of sp³-hybridized carbons (Fsp3) is 0.375. The van der Waals surface area contributed by atoms with Gasteiger partial charge in [0.15, 0.2) is 0 Å². The zero-order valence-electron chi connectivity index (χ0n) is 12.3. The largest absolute Gasteiger partial charge is 0.481 e. The minimum Gasteiger partial charge on any atom is -0.481 e. The number of amides is 1. The van der Waals surface area contributed by atoms with Crippen LogP contribution in [0.1, 0.15) is 32.3 Å². The average molecular weight is 288 g/mol. The summed E-state index contributed by atoms with van der Waals surface area (Å²) in [4.78, 5) is 25.9. The summed E-state index contributed by atoms with van der Waals surface area (Å²) in [7, 11) is 0. The van der Waals surface area contributed by atoms with Crippen molar-refractivity contribution >= 4 is 22.8 Å². The van der Waals surface area contributed by atoms with E-state index in [1.807, 2.05) is 44.3 Å². The maximum Gasteiger partial charge on any atom is 0.303 e. The molecular formula is C16H20N2O3. The number of carboxylic acid groups (broad SMARTS) is 1. The minimum absolute atomic E-state index is 0.0420. The van der Waals surface area contributed by atoms with Gasteiger partial charge < -0.3 is 15.4 Å². The van der Waals surface area contributed by atoms with Gasteiger partial charge in [0, 0.05) is 29.1 Å². The third-order valence-electron chi connectivity index (χ3n) is 3.47. The first-order valence-corrected chi connectivity index (χ1v) is 6.95. The van der Waals surface area contributed by atoms with Gasteiger partial charge in [0.1, 0.15) is 0 Å². The van der Waals surface area contributed by atoms with Crippen molar-refractivity contribution in [3.63, 3.8) is 0 Å². The van der Waals surface area contributed by atoms with Crippen molar-refractivity contribution in [2.75, 3.05) is 0 Å². The topological polar surface area (TPSA) is 82.2 Å². The van der Waals surface area contributed by atoms with Crippen molar-refractivity contribution in [3.05, 3.63) is 36.0 Å². The Labute approximate surface area is 123 Å². The number of aliphatic carboxylic acids is 1. The van der Waals surface area contributed by atoms with Gasteiger partial charge in [0.2, 0.25) is 5.91 Å². The van der Waals surface area contributed by atoms with Gasteiger partial charge >= 0.3 is 5.97 Å². The maximum atomic E-state index is 12.1. The zero-order chi connectivity index (χ0) is 15.5. The lowest BCUT2D eigenvalue weighted by Gasteiger charge is -2.25. The van der Waals surface area contributed by atoms with Gasteiger partial charge in [-0.1, -0.05) is 18.2 Å². The summed E-state index contributed by atoms with van der Waals surface area (Å²) < 4.78 is 0. The third kappa shape index (κ3) is 4.08. The number of rotatable bonds is 6. The molecule has 21 heavy (non-hydrogen) atoms. The van der Waals surface area contributed by atoms with Crippen LogP contribution in [0.15, 0.2) is 30.5 Å². The Hall–Kier alpha value is -2.30. The van der Waals surface area contributed by atoms with E-state index in [0.717, 1.165) is 16.5 Å². The number of H-pyrrole nitrogens is 1. The normalized spacial score (nSPS) is 11.5. The lowest BCUT2D eigenvalue weighted by atomic mass is 9.98. The summed E-state index contributed by atoms with van der Waals surface area (Å²) in [6, 6.07) is 7.82. The molecule has 2 rings (SSSR count). The Morgan fingerprint density at radius 2 is 2.00 bits per heavy atom. The quantitative estimate of drug-likeness (QED) is 0.763. The second-order valence-corrected chi connectivity index (χ2v) is 5.86. The highest BCUT2D eigenvalue weighted by Crippen LogP contribution is 2.19. The Balaban J connectivity index is 2.00. The highest BCUT2D eigenvalue weighted by molar-refractivity contribution is 5.89. The predicted octanol–water partition coefficient (Wildman–Crippen LogP) is 2.47. The number of para-hydroxylation sites is 1. The molecule has 0 fully saturated rings. The van der Waals surface area contributed by atoms with E-state index in [0.29, 0.717) is 6.42 Å². The molecule has 3 N–H and O–H groups in total. The molecular weight excluding hydrogens is 268 g/mol. The standard InChI is InChI=1S/C16H20N2O3/c1-16(2,8-7-15(20)21)18-14(19)9-11-10-17-13-6-4-3-5-12(11)13/h3-6,10,17H,7-9H2,1-2H3,(H,18,19)(H,20,21). The van der Waals surface area contributed by atoms with Crippen molar-refractivity contribution < 1.29 is 14.7 Å². The van der Waals surface area contributed by atoms with Gasteiger partial charge in [-0.3, -0.25) is 9.59 Å². The summed E-state index contributed by atoms with van der Waals surface area (Å²) in [6.07, 6.45) is 2.57. The number of carboxylic acids is 1. The smallest absolute Gasteiger partial charge is 0.303 e. The second kappa shape index (κ2) is 5.99. The fourth-order valence-electron chi connectivity index (χ4n) is 2.35. The lowest BCUT2D eigenvalue weighted by molar-refractivity contribution is -0.137. The van der Waals surface area contributed by atoms with Crippen molar-refractivity contribution in [2.45, 2.75) is 38.6 Å². The Kier molecular flexibility index (Phi) is 4.31. The average Bonchev–Trinajstić information content (AvgIpc) is 2.79. The molecule has 1 aromatic heterocycles. The van der Waals surface area contributed by atoms with Crippen LogP contribution in [0.3, 0.4) is 0 Å². The molecule has 0 saturated heterocycles. The Morgan fingerprint density at radius 3 is 2.71 bits per heavy atom. The first kappa shape index (κ1) is 15.1. The molecule has 1 heterocycles. The van der Waals surface area contributed by atoms with Gasteiger partial charge in [0.25, 0.3) is 0 Å². The fourth-order valence-corrected chi connectivity index (χ4v) is 2.35. The minimum atomic E-state index is -0.853. The van der Waals surface area contributed by atoms with Gasteiger partial charge in [0.05, 0.1) is 6.42 Å². The number of carbonyl (C=O) groups excluding carboxylic acids is 1. The first-order chi connectivity index (χ1) is 9.87. The number of hydrogen-bond acceptors (Lipinski definition) is 2. The number of aromatic amines is 1. The van der Waals surface area contributed by atoms with Crippen molar-refractivity contribution in [3.8, 4) is 0 Å². The monoisotopic (exact) mass is 288 g/mol. The molecule has 0 aliphatic heterocycles.